The zero-order chi connectivity index (χ0) is 68.3. The first-order valence-corrected chi connectivity index (χ1v) is 42.5. The molecular weight excluding hydrogens is 1180 g/mol. The van der Waals surface area contributed by atoms with Crippen molar-refractivity contribution in [1.82, 2.24) is 0 Å². The van der Waals surface area contributed by atoms with E-state index in [9.17, 15) is 19.0 Å². The number of nitrogens with zero attached hydrogens (tertiary/aromatic N) is 1. The van der Waals surface area contributed by atoms with Crippen LogP contribution in [0.1, 0.15) is 412 Å². The van der Waals surface area contributed by atoms with Gasteiger partial charge in [-0.3, -0.25) is 18.6 Å². The van der Waals surface area contributed by atoms with Crippen LogP contribution in [-0.4, -0.2) is 74.9 Å². The van der Waals surface area contributed by atoms with E-state index in [1.165, 1.54) is 321 Å². The van der Waals surface area contributed by atoms with Crippen LogP contribution in [0.25, 0.3) is 0 Å². The van der Waals surface area contributed by atoms with Gasteiger partial charge in [-0.05, 0) is 77.0 Å². The van der Waals surface area contributed by atoms with Gasteiger partial charge in [0.25, 0.3) is 0 Å². The fraction of sp³-hybridized carbons (Fsp3) is 0.857. The lowest BCUT2D eigenvalue weighted by molar-refractivity contribution is -0.870. The van der Waals surface area contributed by atoms with Gasteiger partial charge in [0.15, 0.2) is 6.10 Å². The molecule has 0 radical (unpaired) electrons. The van der Waals surface area contributed by atoms with Crippen LogP contribution in [0, 0.1) is 0 Å². The predicted octanol–water partition coefficient (Wildman–Crippen LogP) is 27.3. The number of hydrogen-bond donors (Lipinski definition) is 1. The summed E-state index contributed by atoms with van der Waals surface area (Å²) in [4.78, 5) is 36.0. The van der Waals surface area contributed by atoms with E-state index in [2.05, 4.69) is 74.6 Å². The fourth-order valence-corrected chi connectivity index (χ4v) is 13.0. The van der Waals surface area contributed by atoms with Crippen LogP contribution in [0.4, 0.5) is 0 Å². The third-order valence-corrected chi connectivity index (χ3v) is 19.5. The number of esters is 2. The summed E-state index contributed by atoms with van der Waals surface area (Å²) >= 11 is 0. The lowest BCUT2D eigenvalue weighted by Crippen LogP contribution is -2.37. The van der Waals surface area contributed by atoms with Gasteiger partial charge in [0.2, 0.25) is 0 Å². The average molecular weight is 1340 g/mol. The quantitative estimate of drug-likeness (QED) is 0.0211. The molecule has 0 spiro atoms. The number of allylic oxidation sites excluding steroid dienone is 10. The predicted molar refractivity (Wildman–Crippen MR) is 409 cm³/mol. The third kappa shape index (κ3) is 78.7. The molecule has 2 unspecified atom stereocenters. The molecule has 94 heavy (non-hydrogen) atoms. The zero-order valence-electron chi connectivity index (χ0n) is 63.2. The molecule has 0 fully saturated rings. The second-order valence-corrected chi connectivity index (χ2v) is 30.6. The normalized spacial score (nSPS) is 13.3. The molecule has 552 valence electrons. The molecule has 0 saturated heterocycles. The Labute approximate surface area is 585 Å². The molecule has 0 saturated carbocycles. The molecule has 9 nitrogen and oxygen atoms in total. The first kappa shape index (κ1) is 91.7. The van der Waals surface area contributed by atoms with E-state index in [0.29, 0.717) is 23.9 Å². The van der Waals surface area contributed by atoms with Crippen LogP contribution in [0.3, 0.4) is 0 Å². The van der Waals surface area contributed by atoms with E-state index in [1.807, 2.05) is 21.1 Å². The summed E-state index contributed by atoms with van der Waals surface area (Å²) in [6, 6.07) is 0. The molecular formula is C84H159NO8P+. The summed E-state index contributed by atoms with van der Waals surface area (Å²) in [7, 11) is 1.50. The molecule has 0 rings (SSSR count). The Balaban J connectivity index is 3.89. The minimum absolute atomic E-state index is 0.0345. The summed E-state index contributed by atoms with van der Waals surface area (Å²) in [6.45, 7) is 4.40. The molecule has 0 heterocycles. The Kier molecular flexibility index (Phi) is 73.1. The summed E-state index contributed by atoms with van der Waals surface area (Å²) < 4.78 is 34.9. The summed E-state index contributed by atoms with van der Waals surface area (Å²) in [5.74, 6) is -0.772. The summed E-state index contributed by atoms with van der Waals surface area (Å²) in [5, 5.41) is 0. The largest absolute Gasteiger partial charge is 0.472 e. The Morgan fingerprint density at radius 1 is 0.340 bits per heavy atom. The highest BCUT2D eigenvalue weighted by atomic mass is 31.2. The van der Waals surface area contributed by atoms with Gasteiger partial charge in [-0.2, -0.15) is 0 Å². The fourth-order valence-electron chi connectivity index (χ4n) is 12.3. The SMILES string of the molecule is CC/C=C\C/C=C\C/C=C\C/C=C\CCCCCCCCCCCCCCCCCCCCCCCCCCC(=O)OC(COC(=O)CCCCCCCCCCCCCCCCCCCCCCC/C=C\CCCCCCCCCC)COP(=O)(O)OCC[N+](C)(C)C. The number of hydrogen-bond acceptors (Lipinski definition) is 7. The van der Waals surface area contributed by atoms with Crippen LogP contribution >= 0.6 is 7.82 Å². The topological polar surface area (TPSA) is 108 Å². The van der Waals surface area contributed by atoms with Gasteiger partial charge in [0.1, 0.15) is 19.8 Å². The lowest BCUT2D eigenvalue weighted by Gasteiger charge is -2.24. The minimum Gasteiger partial charge on any atom is -0.462 e. The van der Waals surface area contributed by atoms with Gasteiger partial charge in [0, 0.05) is 12.8 Å². The van der Waals surface area contributed by atoms with Gasteiger partial charge in [-0.15, -0.1) is 0 Å². The van der Waals surface area contributed by atoms with Crippen molar-refractivity contribution in [2.75, 3.05) is 47.5 Å². The number of phosphoric acid groups is 1. The summed E-state index contributed by atoms with van der Waals surface area (Å²) in [6.07, 6.45) is 101. The molecule has 0 amide bonds. The van der Waals surface area contributed by atoms with Crippen molar-refractivity contribution in [3.05, 3.63) is 60.8 Å². The Hall–Kier alpha value is -2.29. The molecule has 0 aromatic carbocycles. The van der Waals surface area contributed by atoms with Crippen molar-refractivity contribution in [2.45, 2.75) is 418 Å². The molecule has 0 aromatic rings. The lowest BCUT2D eigenvalue weighted by atomic mass is 10.0. The van der Waals surface area contributed by atoms with Crippen LogP contribution in [0.2, 0.25) is 0 Å². The van der Waals surface area contributed by atoms with E-state index in [4.69, 9.17) is 18.5 Å². The van der Waals surface area contributed by atoms with Gasteiger partial charge in [-0.25, -0.2) is 4.57 Å². The van der Waals surface area contributed by atoms with Gasteiger partial charge in [0.05, 0.1) is 27.7 Å². The maximum absolute atomic E-state index is 12.9. The molecule has 0 aliphatic heterocycles. The number of likely N-dealkylation sites (N-methyl/N-ethyl adjacent to an activating group) is 1. The molecule has 0 aliphatic carbocycles. The number of quaternary nitrogens is 1. The van der Waals surface area contributed by atoms with Gasteiger partial charge in [-0.1, -0.05) is 383 Å². The first-order valence-electron chi connectivity index (χ1n) is 41.0. The number of phosphoric ester groups is 1. The van der Waals surface area contributed by atoms with E-state index >= 15 is 0 Å². The van der Waals surface area contributed by atoms with Gasteiger partial charge < -0.3 is 18.9 Å². The summed E-state index contributed by atoms with van der Waals surface area (Å²) in [5.41, 5.74) is 0. The monoisotopic (exact) mass is 1340 g/mol. The van der Waals surface area contributed by atoms with Crippen LogP contribution < -0.4 is 0 Å². The average Bonchev–Trinajstić information content (AvgIpc) is 1.56. The highest BCUT2D eigenvalue weighted by molar-refractivity contribution is 7.47. The molecule has 1 N–H and O–H groups in total. The maximum Gasteiger partial charge on any atom is 0.472 e. The highest BCUT2D eigenvalue weighted by Crippen LogP contribution is 2.43. The minimum atomic E-state index is -4.39. The number of rotatable bonds is 77. The van der Waals surface area contributed by atoms with Crippen molar-refractivity contribution in [1.29, 1.82) is 0 Å². The Morgan fingerprint density at radius 2 is 0.606 bits per heavy atom. The zero-order valence-corrected chi connectivity index (χ0v) is 64.1. The van der Waals surface area contributed by atoms with Crippen LogP contribution in [0.15, 0.2) is 60.8 Å². The molecule has 2 atom stereocenters. The van der Waals surface area contributed by atoms with Crippen LogP contribution in [-0.2, 0) is 32.7 Å². The van der Waals surface area contributed by atoms with Crippen LogP contribution in [0.5, 0.6) is 0 Å². The second-order valence-electron chi connectivity index (χ2n) is 29.1. The maximum atomic E-state index is 12.9. The number of unbranched alkanes of at least 4 members (excludes halogenated alkanes) is 53. The standard InChI is InChI=1S/C84H158NO8P/c1-6-8-10-12-14-16-18-20-22-24-26-28-30-32-34-36-38-40-41-42-43-45-47-49-51-53-55-57-59-61-63-65-67-69-71-73-75-77-84(87)93-82(81-92-94(88,89)91-79-78-85(3,4)5)80-90-83(86)76-74-72-70-68-66-64-62-60-58-56-54-52-50-48-46-44-39-37-35-33-31-29-27-25-23-21-19-17-15-13-11-9-7-2/h8,10,14,16,20,22,25-28,82H,6-7,9,11-13,15,17-19,21,23-24,29-81H2,1-5H3/p+1/b10-8-,16-14-,22-20-,27-25-,28-26-. The molecule has 10 heteroatoms. The molecule has 0 aromatic heterocycles. The van der Waals surface area contributed by atoms with Crippen molar-refractivity contribution in [3.8, 4) is 0 Å². The first-order chi connectivity index (χ1) is 46.0. The Morgan fingerprint density at radius 3 is 0.915 bits per heavy atom. The smallest absolute Gasteiger partial charge is 0.462 e. The number of ether oxygens (including phenoxy) is 2. The van der Waals surface area contributed by atoms with Crippen molar-refractivity contribution in [3.63, 3.8) is 0 Å². The number of carbonyl (C=O) groups is 2. The van der Waals surface area contributed by atoms with E-state index in [0.717, 1.165) is 57.8 Å². The molecule has 0 aliphatic rings. The molecule has 0 bridgehead atoms. The van der Waals surface area contributed by atoms with Crippen molar-refractivity contribution >= 4 is 19.8 Å². The van der Waals surface area contributed by atoms with Crippen molar-refractivity contribution < 1.29 is 42.1 Å². The van der Waals surface area contributed by atoms with E-state index < -0.39 is 26.5 Å². The van der Waals surface area contributed by atoms with Crippen molar-refractivity contribution in [2.24, 2.45) is 0 Å². The second kappa shape index (κ2) is 74.9. The third-order valence-electron chi connectivity index (χ3n) is 18.5. The van der Waals surface area contributed by atoms with E-state index in [1.54, 1.807) is 0 Å². The number of carbonyl (C=O) groups excluding carboxylic acids is 2. The Bertz CT molecular complexity index is 1770. The van der Waals surface area contributed by atoms with Gasteiger partial charge >= 0.3 is 19.8 Å². The highest BCUT2D eigenvalue weighted by Gasteiger charge is 2.27. The van der Waals surface area contributed by atoms with E-state index in [-0.39, 0.29) is 25.6 Å².